The zero-order valence-corrected chi connectivity index (χ0v) is 18.5. The Morgan fingerprint density at radius 2 is 2.00 bits per heavy atom. The number of nitrogens with one attached hydrogen (secondary N) is 1. The lowest BCUT2D eigenvalue weighted by Crippen LogP contribution is -2.38. The number of aliphatic hydroxyl groups is 1. The number of hydrogen-bond donors (Lipinski definition) is 3. The predicted molar refractivity (Wildman–Crippen MR) is 105 cm³/mol. The molecule has 3 heterocycles. The number of aromatic amines is 1. The van der Waals surface area contributed by atoms with Gasteiger partial charge in [0.2, 0.25) is 0 Å². The van der Waals surface area contributed by atoms with E-state index in [1.54, 1.807) is 27.7 Å². The lowest BCUT2D eigenvalue weighted by molar-refractivity contribution is -0.202. The second-order valence-electron chi connectivity index (χ2n) is 8.44. The Labute approximate surface area is 173 Å². The first-order chi connectivity index (χ1) is 13.8. The van der Waals surface area contributed by atoms with Gasteiger partial charge in [-0.05, 0) is 34.1 Å². The van der Waals surface area contributed by atoms with Crippen LogP contribution in [0.2, 0.25) is 0 Å². The minimum atomic E-state index is -4.27. The number of nitrogens with zero attached hydrogens (tertiary/aromatic N) is 1. The van der Waals surface area contributed by atoms with Crippen molar-refractivity contribution in [3.05, 3.63) is 33.1 Å². The third-order valence-corrected chi connectivity index (χ3v) is 7.10. The summed E-state index contributed by atoms with van der Waals surface area (Å²) in [6.45, 7) is 8.10. The molecule has 11 nitrogen and oxygen atoms in total. The van der Waals surface area contributed by atoms with Crippen LogP contribution < -0.4 is 11.2 Å². The van der Waals surface area contributed by atoms with Crippen molar-refractivity contribution in [3.8, 4) is 0 Å². The Bertz CT molecular complexity index is 942. The van der Waals surface area contributed by atoms with Crippen LogP contribution in [-0.2, 0) is 23.3 Å². The van der Waals surface area contributed by atoms with Crippen molar-refractivity contribution in [1.29, 1.82) is 0 Å². The highest BCUT2D eigenvalue weighted by Gasteiger charge is 2.57. The highest BCUT2D eigenvalue weighted by Crippen LogP contribution is 2.53. The van der Waals surface area contributed by atoms with Gasteiger partial charge in [0, 0.05) is 18.7 Å². The number of H-pyrrole nitrogens is 1. The summed E-state index contributed by atoms with van der Waals surface area (Å²) in [6, 6.07) is 1.21. The molecule has 170 valence electrons. The Morgan fingerprint density at radius 3 is 2.57 bits per heavy atom. The molecule has 1 aromatic heterocycles. The first-order valence-electron chi connectivity index (χ1n) is 9.81. The molecule has 0 amide bonds. The number of rotatable bonds is 7. The van der Waals surface area contributed by atoms with Gasteiger partial charge in [0.1, 0.15) is 12.2 Å². The monoisotopic (exact) mass is 448 g/mol. The van der Waals surface area contributed by atoms with Crippen molar-refractivity contribution in [3.63, 3.8) is 0 Å². The molecule has 30 heavy (non-hydrogen) atoms. The largest absolute Gasteiger partial charge is 0.381 e. The van der Waals surface area contributed by atoms with Gasteiger partial charge in [-0.25, -0.2) is 4.79 Å². The van der Waals surface area contributed by atoms with Gasteiger partial charge >= 0.3 is 13.3 Å². The summed E-state index contributed by atoms with van der Waals surface area (Å²) < 4.78 is 37.0. The van der Waals surface area contributed by atoms with Gasteiger partial charge in [-0.15, -0.1) is 0 Å². The summed E-state index contributed by atoms with van der Waals surface area (Å²) >= 11 is 0. The van der Waals surface area contributed by atoms with Crippen LogP contribution in [-0.4, -0.2) is 55.1 Å². The molecular formula is C18H29N2O9P. The normalized spacial score (nSPS) is 32.9. The molecule has 3 rings (SSSR count). The molecule has 0 radical (unpaired) electrons. The van der Waals surface area contributed by atoms with E-state index in [1.807, 2.05) is 0 Å². The maximum atomic E-state index is 12.3. The summed E-state index contributed by atoms with van der Waals surface area (Å²) in [4.78, 5) is 35.9. The molecule has 2 aliphatic rings. The SMILES string of the molecule is CCC(C)(C[C@H]1O[C@@H](n2ccc(=O)[nH]c2=O)[C@@H]2OC(C)(C)O[C@@H]21)OP(=O)(O)C(C)O. The van der Waals surface area contributed by atoms with E-state index in [0.717, 1.165) is 0 Å². The zero-order chi connectivity index (χ0) is 22.5. The molecule has 0 saturated carbocycles. The summed E-state index contributed by atoms with van der Waals surface area (Å²) in [5.74, 6) is -2.48. The van der Waals surface area contributed by atoms with Gasteiger partial charge in [0.25, 0.3) is 5.56 Å². The van der Waals surface area contributed by atoms with E-state index in [1.165, 1.54) is 23.8 Å². The topological polar surface area (TPSA) is 149 Å². The summed E-state index contributed by atoms with van der Waals surface area (Å²) in [6.07, 6.45) is -0.907. The van der Waals surface area contributed by atoms with Crippen LogP contribution in [0, 0.1) is 0 Å². The van der Waals surface area contributed by atoms with Gasteiger partial charge in [-0.3, -0.25) is 18.9 Å². The third kappa shape index (κ3) is 4.62. The van der Waals surface area contributed by atoms with Crippen LogP contribution in [0.15, 0.2) is 21.9 Å². The number of hydrogen-bond acceptors (Lipinski definition) is 8. The Hall–Kier alpha value is -1.33. The summed E-state index contributed by atoms with van der Waals surface area (Å²) in [7, 11) is -4.27. The first-order valence-corrected chi connectivity index (χ1v) is 11.5. The van der Waals surface area contributed by atoms with E-state index < -0.39 is 60.6 Å². The fraction of sp³-hybridized carbons (Fsp3) is 0.778. The fourth-order valence-electron chi connectivity index (χ4n) is 3.74. The standard InChI is InChI=1S/C18H29N2O9P/c1-6-18(5,29-30(24,25)10(2)21)9-11-13-14(28-17(3,4)27-13)15(26-11)20-8-7-12(22)19-16(20)23/h7-8,10-11,13-15,21H,6,9H2,1-5H3,(H,24,25)(H,19,22,23)/t10?,11-,13-,14-,15-,18?/m1/s1. The maximum absolute atomic E-state index is 12.3. The third-order valence-electron chi connectivity index (χ3n) is 5.45. The molecule has 3 N–H and O–H groups in total. The minimum Gasteiger partial charge on any atom is -0.381 e. The van der Waals surface area contributed by atoms with E-state index in [0.29, 0.717) is 6.42 Å². The van der Waals surface area contributed by atoms with Gasteiger partial charge in [-0.1, -0.05) is 6.92 Å². The van der Waals surface area contributed by atoms with Crippen LogP contribution in [0.5, 0.6) is 0 Å². The lowest BCUT2D eigenvalue weighted by Gasteiger charge is -2.35. The highest BCUT2D eigenvalue weighted by atomic mass is 31.2. The molecule has 0 bridgehead atoms. The van der Waals surface area contributed by atoms with Crippen LogP contribution in [0.1, 0.15) is 53.7 Å². The molecule has 0 aromatic carbocycles. The molecule has 12 heteroatoms. The highest BCUT2D eigenvalue weighted by molar-refractivity contribution is 7.53. The van der Waals surface area contributed by atoms with Gasteiger partial charge in [0.15, 0.2) is 17.9 Å². The van der Waals surface area contributed by atoms with Crippen LogP contribution >= 0.6 is 7.60 Å². The number of aliphatic hydroxyl groups excluding tert-OH is 1. The van der Waals surface area contributed by atoms with E-state index in [9.17, 15) is 24.2 Å². The van der Waals surface area contributed by atoms with Crippen LogP contribution in [0.3, 0.4) is 0 Å². The molecule has 2 saturated heterocycles. The van der Waals surface area contributed by atoms with Crippen molar-refractivity contribution in [2.75, 3.05) is 0 Å². The second kappa shape index (κ2) is 7.98. The van der Waals surface area contributed by atoms with Crippen LogP contribution in [0.25, 0.3) is 0 Å². The molecule has 2 fully saturated rings. The zero-order valence-electron chi connectivity index (χ0n) is 17.6. The maximum Gasteiger partial charge on any atom is 0.356 e. The summed E-state index contributed by atoms with van der Waals surface area (Å²) in [5.41, 5.74) is -2.30. The Morgan fingerprint density at radius 1 is 1.37 bits per heavy atom. The molecule has 7 atom stereocenters. The van der Waals surface area contributed by atoms with Gasteiger partial charge in [0.05, 0.1) is 11.7 Å². The van der Waals surface area contributed by atoms with Crippen molar-refractivity contribution < 1.29 is 33.3 Å². The van der Waals surface area contributed by atoms with Gasteiger partial charge in [-0.2, -0.15) is 0 Å². The average Bonchev–Trinajstić information content (AvgIpc) is 3.08. The Kier molecular flexibility index (Phi) is 6.21. The number of aromatic nitrogens is 2. The molecule has 0 spiro atoms. The van der Waals surface area contributed by atoms with E-state index in [-0.39, 0.29) is 6.42 Å². The lowest BCUT2D eigenvalue weighted by atomic mass is 9.93. The van der Waals surface area contributed by atoms with Crippen molar-refractivity contribution in [2.24, 2.45) is 0 Å². The van der Waals surface area contributed by atoms with Crippen molar-refractivity contribution in [2.45, 2.75) is 89.2 Å². The second-order valence-corrected chi connectivity index (χ2v) is 10.5. The number of fused-ring (bicyclic) bond motifs is 1. The Balaban J connectivity index is 1.90. The fourth-order valence-corrected chi connectivity index (χ4v) is 4.73. The molecule has 3 unspecified atom stereocenters. The molecule has 1 aromatic rings. The van der Waals surface area contributed by atoms with Crippen molar-refractivity contribution in [1.82, 2.24) is 9.55 Å². The number of ether oxygens (including phenoxy) is 3. The van der Waals surface area contributed by atoms with E-state index in [2.05, 4.69) is 4.98 Å². The molecule has 0 aliphatic carbocycles. The van der Waals surface area contributed by atoms with Crippen LogP contribution in [0.4, 0.5) is 0 Å². The quantitative estimate of drug-likeness (QED) is 0.520. The van der Waals surface area contributed by atoms with E-state index in [4.69, 9.17) is 18.7 Å². The predicted octanol–water partition coefficient (Wildman–Crippen LogP) is 1.05. The molecular weight excluding hydrogens is 419 g/mol. The van der Waals surface area contributed by atoms with E-state index >= 15 is 0 Å². The smallest absolute Gasteiger partial charge is 0.356 e. The first kappa shape index (κ1) is 23.3. The average molecular weight is 448 g/mol. The summed E-state index contributed by atoms with van der Waals surface area (Å²) in [5, 5.41) is 9.58. The molecule has 2 aliphatic heterocycles. The minimum absolute atomic E-state index is 0.149. The van der Waals surface area contributed by atoms with Gasteiger partial charge < -0.3 is 28.7 Å². The van der Waals surface area contributed by atoms with Crippen molar-refractivity contribution >= 4 is 7.60 Å².